The number of hydrogen-bond donors (Lipinski definition) is 1. The molecule has 94 valence electrons. The minimum absolute atomic E-state index is 0.422. The molecule has 1 aromatic rings. The smallest absolute Gasteiger partial charge is 0.0713 e. The quantitative estimate of drug-likeness (QED) is 0.814. The molecule has 2 heteroatoms. The summed E-state index contributed by atoms with van der Waals surface area (Å²) < 4.78 is 5.14. The highest BCUT2D eigenvalue weighted by Gasteiger charge is 2.02. The second-order valence-corrected chi connectivity index (χ2v) is 4.35. The highest BCUT2D eigenvalue weighted by molar-refractivity contribution is 5.54. The number of likely N-dealkylation sites (N-methyl/N-ethyl adjacent to an activating group) is 1. The van der Waals surface area contributed by atoms with Crippen molar-refractivity contribution in [2.45, 2.75) is 33.4 Å². The zero-order valence-electron chi connectivity index (χ0n) is 11.3. The van der Waals surface area contributed by atoms with Gasteiger partial charge in [0, 0.05) is 13.2 Å². The molecule has 0 fully saturated rings. The normalized spacial score (nSPS) is 13.8. The molecule has 0 aliphatic carbocycles. The topological polar surface area (TPSA) is 21.3 Å². The molecule has 0 radical (unpaired) electrons. The Hall–Kier alpha value is -1.12. The van der Waals surface area contributed by atoms with Gasteiger partial charge in [-0.05, 0) is 37.6 Å². The van der Waals surface area contributed by atoms with E-state index in [1.807, 2.05) is 0 Å². The molecule has 0 heterocycles. The van der Waals surface area contributed by atoms with E-state index in [1.165, 1.54) is 16.7 Å². The summed E-state index contributed by atoms with van der Waals surface area (Å²) in [6.07, 6.45) is 2.23. The van der Waals surface area contributed by atoms with Crippen molar-refractivity contribution in [1.82, 2.24) is 5.32 Å². The monoisotopic (exact) mass is 233 g/mol. The fourth-order valence-electron chi connectivity index (χ4n) is 1.79. The largest absolute Gasteiger partial charge is 0.380 e. The molecule has 0 saturated heterocycles. The van der Waals surface area contributed by atoms with Crippen LogP contribution in [-0.2, 0) is 11.3 Å². The summed E-state index contributed by atoms with van der Waals surface area (Å²) in [6, 6.07) is 8.88. The molecule has 0 aromatic heterocycles. The molecule has 0 bridgehead atoms. The Morgan fingerprint density at radius 2 is 2.24 bits per heavy atom. The van der Waals surface area contributed by atoms with Crippen LogP contribution < -0.4 is 5.32 Å². The maximum Gasteiger partial charge on any atom is 0.0713 e. The van der Waals surface area contributed by atoms with Crippen molar-refractivity contribution in [1.29, 1.82) is 0 Å². The van der Waals surface area contributed by atoms with E-state index in [2.05, 4.69) is 56.4 Å². The molecular formula is C15H23NO. The van der Waals surface area contributed by atoms with Crippen LogP contribution in [0.5, 0.6) is 0 Å². The van der Waals surface area contributed by atoms with Crippen LogP contribution >= 0.6 is 0 Å². The van der Waals surface area contributed by atoms with Crippen molar-refractivity contribution in [3.63, 3.8) is 0 Å². The van der Waals surface area contributed by atoms with E-state index in [0.29, 0.717) is 12.6 Å². The van der Waals surface area contributed by atoms with Crippen LogP contribution in [0.1, 0.15) is 31.9 Å². The summed E-state index contributed by atoms with van der Waals surface area (Å²) in [6.45, 7) is 8.15. The lowest BCUT2D eigenvalue weighted by atomic mass is 10.0. The van der Waals surface area contributed by atoms with Crippen LogP contribution in [0.4, 0.5) is 0 Å². The van der Waals surface area contributed by atoms with Crippen molar-refractivity contribution in [3.05, 3.63) is 41.0 Å². The fraction of sp³-hybridized carbons (Fsp3) is 0.467. The lowest BCUT2D eigenvalue weighted by molar-refractivity contribution is 0.185. The number of ether oxygens (including phenoxy) is 1. The number of hydrogen-bond acceptors (Lipinski definition) is 2. The third-order valence-corrected chi connectivity index (χ3v) is 2.85. The first-order valence-electron chi connectivity index (χ1n) is 6.16. The summed E-state index contributed by atoms with van der Waals surface area (Å²) in [4.78, 5) is 0. The van der Waals surface area contributed by atoms with Gasteiger partial charge in [-0.25, -0.2) is 0 Å². The number of rotatable bonds is 6. The predicted octanol–water partition coefficient (Wildman–Crippen LogP) is 3.23. The first-order valence-corrected chi connectivity index (χ1v) is 6.16. The van der Waals surface area contributed by atoms with Crippen LogP contribution in [-0.4, -0.2) is 19.7 Å². The van der Waals surface area contributed by atoms with E-state index in [1.54, 1.807) is 7.11 Å². The Morgan fingerprint density at radius 1 is 1.47 bits per heavy atom. The van der Waals surface area contributed by atoms with E-state index in [9.17, 15) is 0 Å². The van der Waals surface area contributed by atoms with E-state index >= 15 is 0 Å². The summed E-state index contributed by atoms with van der Waals surface area (Å²) in [7, 11) is 1.72. The van der Waals surface area contributed by atoms with Crippen molar-refractivity contribution < 1.29 is 4.74 Å². The van der Waals surface area contributed by atoms with Gasteiger partial charge in [-0.2, -0.15) is 0 Å². The van der Waals surface area contributed by atoms with Crippen LogP contribution in [0.2, 0.25) is 0 Å². The molecule has 1 N–H and O–H groups in total. The number of benzene rings is 1. The molecule has 0 aliphatic heterocycles. The van der Waals surface area contributed by atoms with E-state index in [-0.39, 0.29) is 0 Å². The molecule has 1 rings (SSSR count). The van der Waals surface area contributed by atoms with Crippen molar-refractivity contribution in [3.8, 4) is 0 Å². The Kier molecular flexibility index (Phi) is 5.95. The van der Waals surface area contributed by atoms with E-state index in [0.717, 1.165) is 6.54 Å². The molecule has 1 aromatic carbocycles. The Balaban J connectivity index is 2.78. The minimum atomic E-state index is 0.422. The van der Waals surface area contributed by atoms with Gasteiger partial charge < -0.3 is 10.1 Å². The Morgan fingerprint density at radius 3 is 2.88 bits per heavy atom. The van der Waals surface area contributed by atoms with Crippen LogP contribution in [0, 0.1) is 0 Å². The van der Waals surface area contributed by atoms with Gasteiger partial charge in [0.05, 0.1) is 6.61 Å². The molecule has 0 spiro atoms. The average Bonchev–Trinajstić information content (AvgIpc) is 2.30. The van der Waals surface area contributed by atoms with Crippen LogP contribution in [0.25, 0.3) is 6.08 Å². The number of nitrogens with one attached hydrogen (secondary N) is 1. The summed E-state index contributed by atoms with van der Waals surface area (Å²) >= 11 is 0. The molecule has 2 nitrogen and oxygen atoms in total. The maximum absolute atomic E-state index is 5.14. The molecule has 0 saturated carbocycles. The second kappa shape index (κ2) is 7.25. The molecule has 0 aliphatic rings. The SMILES string of the molecule is CCNC(C)/C(C)=C/c1cccc(COC)c1. The van der Waals surface area contributed by atoms with Gasteiger partial charge in [0.2, 0.25) is 0 Å². The van der Waals surface area contributed by atoms with E-state index < -0.39 is 0 Å². The molecule has 1 atom stereocenters. The third kappa shape index (κ3) is 4.72. The van der Waals surface area contributed by atoms with Crippen molar-refractivity contribution >= 4 is 6.08 Å². The number of methoxy groups -OCH3 is 1. The van der Waals surface area contributed by atoms with E-state index in [4.69, 9.17) is 4.74 Å². The van der Waals surface area contributed by atoms with Gasteiger partial charge in [0.15, 0.2) is 0 Å². The third-order valence-electron chi connectivity index (χ3n) is 2.85. The van der Waals surface area contributed by atoms with Gasteiger partial charge >= 0.3 is 0 Å². The standard InChI is InChI=1S/C15H23NO/c1-5-16-13(3)12(2)9-14-7-6-8-15(10-14)11-17-4/h6-10,13,16H,5,11H2,1-4H3/b12-9+. The zero-order valence-corrected chi connectivity index (χ0v) is 11.3. The van der Waals surface area contributed by atoms with Gasteiger partial charge in [-0.15, -0.1) is 0 Å². The highest BCUT2D eigenvalue weighted by atomic mass is 16.5. The van der Waals surface area contributed by atoms with Crippen molar-refractivity contribution in [2.24, 2.45) is 0 Å². The first-order chi connectivity index (χ1) is 8.17. The predicted molar refractivity (Wildman–Crippen MR) is 73.9 cm³/mol. The highest BCUT2D eigenvalue weighted by Crippen LogP contribution is 2.12. The first kappa shape index (κ1) is 13.9. The van der Waals surface area contributed by atoms with Gasteiger partial charge in [-0.3, -0.25) is 0 Å². The van der Waals surface area contributed by atoms with Crippen molar-refractivity contribution in [2.75, 3.05) is 13.7 Å². The van der Waals surface area contributed by atoms with Crippen LogP contribution in [0.15, 0.2) is 29.8 Å². The Bertz CT molecular complexity index is 371. The maximum atomic E-state index is 5.14. The second-order valence-electron chi connectivity index (χ2n) is 4.35. The van der Waals surface area contributed by atoms with Gasteiger partial charge in [-0.1, -0.05) is 36.8 Å². The summed E-state index contributed by atoms with van der Waals surface area (Å²) in [5, 5.41) is 3.41. The van der Waals surface area contributed by atoms with Gasteiger partial charge in [0.1, 0.15) is 0 Å². The molecule has 1 unspecified atom stereocenters. The molecular weight excluding hydrogens is 210 g/mol. The fourth-order valence-corrected chi connectivity index (χ4v) is 1.79. The lowest BCUT2D eigenvalue weighted by Crippen LogP contribution is -2.26. The summed E-state index contributed by atoms with van der Waals surface area (Å²) in [5.41, 5.74) is 3.80. The van der Waals surface area contributed by atoms with Crippen LogP contribution in [0.3, 0.4) is 0 Å². The molecule has 17 heavy (non-hydrogen) atoms. The summed E-state index contributed by atoms with van der Waals surface area (Å²) in [5.74, 6) is 0. The average molecular weight is 233 g/mol. The van der Waals surface area contributed by atoms with Gasteiger partial charge in [0.25, 0.3) is 0 Å². The zero-order chi connectivity index (χ0) is 12.7. The minimum Gasteiger partial charge on any atom is -0.380 e. The lowest BCUT2D eigenvalue weighted by Gasteiger charge is -2.13. The molecule has 0 amide bonds. The Labute approximate surface area is 105 Å².